The molecule has 364 valence electrons. The van der Waals surface area contributed by atoms with Crippen LogP contribution in [0, 0.1) is 13.8 Å². The summed E-state index contributed by atoms with van der Waals surface area (Å²) in [6, 6.07) is 44.8. The van der Waals surface area contributed by atoms with Gasteiger partial charge in [0.15, 0.2) is 0 Å². The molecule has 0 amide bonds. The Balaban J connectivity index is 0.980. The van der Waals surface area contributed by atoms with Crippen LogP contribution in [-0.2, 0) is 0 Å². The highest BCUT2D eigenvalue weighted by Crippen LogP contribution is 2.66. The van der Waals surface area contributed by atoms with Gasteiger partial charge in [-0.05, 0) is 170 Å². The van der Waals surface area contributed by atoms with E-state index in [-0.39, 0.29) is 34.2 Å². The number of aliphatic hydroxyl groups is 1. The topological polar surface area (TPSA) is 135 Å². The second-order valence-electron chi connectivity index (χ2n) is 16.9. The molecule has 0 atom stereocenters. The molecule has 0 saturated carbocycles. The summed E-state index contributed by atoms with van der Waals surface area (Å²) < 4.78 is 107. The molecule has 0 spiro atoms. The molecule has 9 rings (SSSR count). The molecule has 0 saturated heterocycles. The van der Waals surface area contributed by atoms with Gasteiger partial charge in [0.05, 0.1) is 13.3 Å². The zero-order valence-electron chi connectivity index (χ0n) is 38.1. The van der Waals surface area contributed by atoms with Crippen LogP contribution in [0.1, 0.15) is 20.9 Å². The number of aryl methyl sites for hydroxylation is 2. The van der Waals surface area contributed by atoms with Gasteiger partial charge in [0.2, 0.25) is 0 Å². The maximum absolute atomic E-state index is 16.0. The SMILES string of the molecule is Cc1sc(-c2ccc(N)cc2)cc1C1=C(c2cc(-c3ccc(N(CO)CN(CNc4ccc(Oc5ccc(N)cc5)cc4)c4ccc(Oc5ccc(N)cc5)cc4)cc3)sc2C)C(F)(F)C(F)(F)C1(F)F. The van der Waals surface area contributed by atoms with Gasteiger partial charge in [0, 0.05) is 64.8 Å². The van der Waals surface area contributed by atoms with Crippen molar-refractivity contribution in [3.63, 3.8) is 0 Å². The third-order valence-electron chi connectivity index (χ3n) is 12.0. The van der Waals surface area contributed by atoms with Crippen LogP contribution in [0.2, 0.25) is 0 Å². The number of halogens is 6. The molecule has 0 aliphatic heterocycles. The number of nitrogens with zero attached hydrogens (tertiary/aromatic N) is 2. The molecule has 1 aliphatic carbocycles. The molecule has 0 bridgehead atoms. The summed E-state index contributed by atoms with van der Waals surface area (Å²) in [6.07, 6.45) is 0. The van der Waals surface area contributed by atoms with Gasteiger partial charge in [-0.1, -0.05) is 24.3 Å². The number of allylic oxidation sites excluding steroid dienone is 2. The molecular weight excluding hydrogens is 959 g/mol. The van der Waals surface area contributed by atoms with Crippen LogP contribution >= 0.6 is 22.7 Å². The van der Waals surface area contributed by atoms with Gasteiger partial charge < -0.3 is 46.9 Å². The molecule has 1 aliphatic rings. The Morgan fingerprint density at radius 1 is 0.507 bits per heavy atom. The predicted octanol–water partition coefficient (Wildman–Crippen LogP) is 14.2. The highest BCUT2D eigenvalue weighted by molar-refractivity contribution is 7.16. The van der Waals surface area contributed by atoms with Crippen LogP contribution in [0.4, 0.5) is 60.5 Å². The van der Waals surface area contributed by atoms with Gasteiger partial charge in [-0.25, -0.2) is 0 Å². The number of aliphatic hydroxyl groups excluding tert-OH is 1. The molecule has 2 aromatic heterocycles. The van der Waals surface area contributed by atoms with Gasteiger partial charge in [-0.3, -0.25) is 0 Å². The summed E-state index contributed by atoms with van der Waals surface area (Å²) in [6.45, 7) is 2.92. The van der Waals surface area contributed by atoms with E-state index in [9.17, 15) is 5.11 Å². The number of hydrogen-bond donors (Lipinski definition) is 5. The van der Waals surface area contributed by atoms with E-state index in [1.165, 1.54) is 26.0 Å². The average molecular weight is 1010 g/mol. The second kappa shape index (κ2) is 19.3. The summed E-state index contributed by atoms with van der Waals surface area (Å²) in [5.74, 6) is -13.7. The highest BCUT2D eigenvalue weighted by atomic mass is 32.1. The quantitative estimate of drug-likeness (QED) is 0.0364. The van der Waals surface area contributed by atoms with Crippen molar-refractivity contribution >= 4 is 67.9 Å². The normalized spacial score (nSPS) is 14.6. The number of ether oxygens (including phenoxy) is 2. The van der Waals surface area contributed by atoms with Crippen molar-refractivity contribution < 1.29 is 40.9 Å². The third kappa shape index (κ3) is 9.67. The Morgan fingerprint density at radius 3 is 1.28 bits per heavy atom. The monoisotopic (exact) mass is 1000 g/mol. The summed E-state index contributed by atoms with van der Waals surface area (Å²) >= 11 is 2.06. The van der Waals surface area contributed by atoms with E-state index in [1.807, 2.05) is 53.4 Å². The van der Waals surface area contributed by atoms with Gasteiger partial charge in [0.1, 0.15) is 29.7 Å². The third-order valence-corrected chi connectivity index (χ3v) is 14.2. The van der Waals surface area contributed by atoms with Gasteiger partial charge in [-0.2, -0.15) is 26.3 Å². The highest BCUT2D eigenvalue weighted by Gasteiger charge is 2.80. The number of rotatable bonds is 16. The smallest absolute Gasteiger partial charge is 0.380 e. The molecule has 0 fully saturated rings. The van der Waals surface area contributed by atoms with Crippen LogP contribution < -0.4 is 41.8 Å². The molecule has 17 heteroatoms. The molecule has 2 heterocycles. The van der Waals surface area contributed by atoms with Crippen LogP contribution in [-0.4, -0.2) is 42.9 Å². The van der Waals surface area contributed by atoms with Crippen molar-refractivity contribution in [3.05, 3.63) is 179 Å². The first-order valence-corrected chi connectivity index (χ1v) is 23.7. The number of hydrogen-bond acceptors (Lipinski definition) is 11. The van der Waals surface area contributed by atoms with Crippen LogP contribution in [0.25, 0.3) is 32.0 Å². The first-order valence-electron chi connectivity index (χ1n) is 22.1. The average Bonchev–Trinajstić information content (AvgIpc) is 3.96. The summed E-state index contributed by atoms with van der Waals surface area (Å²) in [5.41, 5.74) is 18.8. The van der Waals surface area contributed by atoms with Gasteiger partial charge >= 0.3 is 17.8 Å². The van der Waals surface area contributed by atoms with E-state index in [2.05, 4.69) is 5.32 Å². The van der Waals surface area contributed by atoms with Gasteiger partial charge in [0.25, 0.3) is 0 Å². The fourth-order valence-electron chi connectivity index (χ4n) is 8.20. The Morgan fingerprint density at radius 2 is 0.859 bits per heavy atom. The van der Waals surface area contributed by atoms with Crippen molar-refractivity contribution in [2.75, 3.05) is 52.4 Å². The lowest BCUT2D eigenvalue weighted by Gasteiger charge is -2.33. The van der Waals surface area contributed by atoms with E-state index < -0.39 is 35.6 Å². The van der Waals surface area contributed by atoms with Crippen LogP contribution in [0.3, 0.4) is 0 Å². The minimum absolute atomic E-state index is 0.158. The first kappa shape index (κ1) is 48.4. The molecule has 8 N–H and O–H groups in total. The van der Waals surface area contributed by atoms with E-state index in [0.29, 0.717) is 66.6 Å². The lowest BCUT2D eigenvalue weighted by Crippen LogP contribution is -2.48. The molecule has 9 nitrogen and oxygen atoms in total. The summed E-state index contributed by atoms with van der Waals surface area (Å²) in [5, 5.41) is 14.2. The molecular formula is C54H46F6N6O3S2. The summed E-state index contributed by atoms with van der Waals surface area (Å²) in [4.78, 5) is 4.84. The maximum atomic E-state index is 16.0. The summed E-state index contributed by atoms with van der Waals surface area (Å²) in [7, 11) is 0. The maximum Gasteiger partial charge on any atom is 0.380 e. The number of nitrogens with two attached hydrogens (primary N) is 3. The molecule has 8 aromatic rings. The fraction of sp³-hybridized carbons (Fsp3) is 0.148. The standard InChI is InChI=1S/C54H46F6N6O3S2/c1-32-46(27-48(70-32)34-3-7-36(61)8-4-34)50-51(53(57,58)54(59,60)52(50,55)56)47-28-49(71-33(47)2)35-5-15-41(16-6-35)66(31-67)30-65(40-17-25-45(26-18-40)69-43-21-11-38(63)12-22-43)29-64-39-13-23-44(24-14-39)68-42-19-9-37(62)10-20-42/h3-28,64,67H,29-31,61-63H2,1-2H3. The second-order valence-corrected chi connectivity index (χ2v) is 19.4. The largest absolute Gasteiger partial charge is 0.457 e. The Kier molecular flexibility index (Phi) is 13.2. The number of nitrogens with one attached hydrogen (secondary N) is 1. The lowest BCUT2D eigenvalue weighted by atomic mass is 9.94. The molecule has 6 aromatic carbocycles. The zero-order chi connectivity index (χ0) is 50.2. The van der Waals surface area contributed by atoms with Crippen molar-refractivity contribution in [2.45, 2.75) is 31.6 Å². The number of benzene rings is 6. The lowest BCUT2D eigenvalue weighted by molar-refractivity contribution is -0.254. The minimum Gasteiger partial charge on any atom is -0.457 e. The number of nitrogen functional groups attached to an aromatic ring is 3. The molecule has 71 heavy (non-hydrogen) atoms. The van der Waals surface area contributed by atoms with Crippen LogP contribution in [0.15, 0.2) is 158 Å². The molecule has 0 unspecified atom stereocenters. The Labute approximate surface area is 413 Å². The fourth-order valence-corrected chi connectivity index (χ4v) is 10.3. The van der Waals surface area contributed by atoms with Crippen molar-refractivity contribution in [2.24, 2.45) is 0 Å². The van der Waals surface area contributed by atoms with Gasteiger partial charge in [-0.15, -0.1) is 22.7 Å². The zero-order valence-corrected chi connectivity index (χ0v) is 39.7. The Bertz CT molecular complexity index is 3180. The van der Waals surface area contributed by atoms with E-state index in [4.69, 9.17) is 26.7 Å². The minimum atomic E-state index is -5.71. The van der Waals surface area contributed by atoms with Crippen molar-refractivity contribution in [3.8, 4) is 43.9 Å². The predicted molar refractivity (Wildman–Crippen MR) is 275 cm³/mol. The first-order chi connectivity index (χ1) is 33.9. The van der Waals surface area contributed by atoms with E-state index >= 15 is 26.3 Å². The number of thiophene rings is 2. The van der Waals surface area contributed by atoms with Crippen molar-refractivity contribution in [1.82, 2.24) is 0 Å². The Hall–Kier alpha value is -7.60. The number of anilines is 6. The van der Waals surface area contributed by atoms with E-state index in [1.54, 1.807) is 102 Å². The van der Waals surface area contributed by atoms with Crippen LogP contribution in [0.5, 0.6) is 23.0 Å². The number of alkyl halides is 6. The van der Waals surface area contributed by atoms with E-state index in [0.717, 1.165) is 34.0 Å². The molecule has 0 radical (unpaired) electrons. The van der Waals surface area contributed by atoms with Crippen molar-refractivity contribution in [1.29, 1.82) is 0 Å².